The fourth-order valence-electron chi connectivity index (χ4n) is 2.83. The molecule has 1 atom stereocenters. The van der Waals surface area contributed by atoms with Gasteiger partial charge in [-0.1, -0.05) is 6.07 Å². The first-order chi connectivity index (χ1) is 10.8. The van der Waals surface area contributed by atoms with Gasteiger partial charge in [-0.05, 0) is 26.0 Å². The maximum atomic E-state index is 13.5. The molecule has 0 saturated carbocycles. The van der Waals surface area contributed by atoms with Gasteiger partial charge in [-0.2, -0.15) is 0 Å². The summed E-state index contributed by atoms with van der Waals surface area (Å²) < 4.78 is 19.3. The third-order valence-corrected chi connectivity index (χ3v) is 4.83. The zero-order valence-corrected chi connectivity index (χ0v) is 13.9. The second-order valence-corrected chi connectivity index (χ2v) is 7.34. The van der Waals surface area contributed by atoms with Gasteiger partial charge < -0.3 is 15.8 Å². The highest BCUT2D eigenvalue weighted by Gasteiger charge is 2.33. The summed E-state index contributed by atoms with van der Waals surface area (Å²) in [5.41, 5.74) is 6.39. The molecule has 0 fully saturated rings. The number of carbonyl (C=O) groups excluding carboxylic acids is 1. The minimum atomic E-state index is -0.416. The van der Waals surface area contributed by atoms with Crippen molar-refractivity contribution in [1.29, 1.82) is 0 Å². The topological polar surface area (TPSA) is 64.3 Å². The number of ether oxygens (including phenoxy) is 1. The van der Waals surface area contributed by atoms with E-state index in [9.17, 15) is 9.18 Å². The molecule has 23 heavy (non-hydrogen) atoms. The molecule has 0 saturated heterocycles. The lowest BCUT2D eigenvalue weighted by atomic mass is 9.89. The summed E-state index contributed by atoms with van der Waals surface area (Å²) in [5, 5.41) is 5.24. The van der Waals surface area contributed by atoms with E-state index in [2.05, 4.69) is 5.32 Å². The third kappa shape index (κ3) is 3.54. The molecule has 122 valence electrons. The Morgan fingerprint density at radius 3 is 2.96 bits per heavy atom. The molecule has 0 radical (unpaired) electrons. The van der Waals surface area contributed by atoms with Gasteiger partial charge in [0.15, 0.2) is 0 Å². The van der Waals surface area contributed by atoms with Crippen molar-refractivity contribution in [2.24, 2.45) is 5.73 Å². The molecule has 0 bridgehead atoms. The lowest BCUT2D eigenvalue weighted by Crippen LogP contribution is -2.39. The highest BCUT2D eigenvalue weighted by atomic mass is 32.1. The predicted molar refractivity (Wildman–Crippen MR) is 88.1 cm³/mol. The Balaban J connectivity index is 1.78. The minimum absolute atomic E-state index is 0.0634. The van der Waals surface area contributed by atoms with Gasteiger partial charge in [-0.15, -0.1) is 11.3 Å². The number of rotatable bonds is 4. The van der Waals surface area contributed by atoms with Gasteiger partial charge in [0, 0.05) is 40.9 Å². The van der Waals surface area contributed by atoms with Crippen LogP contribution in [0.1, 0.15) is 47.1 Å². The van der Waals surface area contributed by atoms with Crippen LogP contribution in [0.3, 0.4) is 0 Å². The Labute approximate surface area is 138 Å². The van der Waals surface area contributed by atoms with Crippen molar-refractivity contribution in [3.05, 3.63) is 51.5 Å². The van der Waals surface area contributed by atoms with Gasteiger partial charge in [-0.25, -0.2) is 4.39 Å². The first-order valence-electron chi connectivity index (χ1n) is 7.43. The van der Waals surface area contributed by atoms with Gasteiger partial charge in [-0.3, -0.25) is 4.79 Å². The van der Waals surface area contributed by atoms with E-state index in [1.54, 1.807) is 17.5 Å². The van der Waals surface area contributed by atoms with Crippen molar-refractivity contribution in [1.82, 2.24) is 5.32 Å². The lowest BCUT2D eigenvalue weighted by molar-refractivity contribution is 0.0653. The Morgan fingerprint density at radius 1 is 1.48 bits per heavy atom. The maximum absolute atomic E-state index is 13.5. The van der Waals surface area contributed by atoms with Gasteiger partial charge >= 0.3 is 0 Å². The van der Waals surface area contributed by atoms with Crippen molar-refractivity contribution >= 4 is 17.2 Å². The van der Waals surface area contributed by atoms with E-state index >= 15 is 0 Å². The number of benzene rings is 1. The Bertz CT molecular complexity index is 742. The van der Waals surface area contributed by atoms with Crippen molar-refractivity contribution < 1.29 is 13.9 Å². The van der Waals surface area contributed by atoms with E-state index in [1.165, 1.54) is 23.5 Å². The summed E-state index contributed by atoms with van der Waals surface area (Å²) in [7, 11) is 0. The predicted octanol–water partition coefficient (Wildman–Crippen LogP) is 3.38. The van der Waals surface area contributed by atoms with Crippen LogP contribution in [-0.2, 0) is 6.54 Å². The second kappa shape index (κ2) is 5.94. The molecule has 0 aliphatic carbocycles. The SMILES string of the molecule is CC1(C)C[C@H](NCc2cc(C(N)=O)cs2)c2ccc(F)cc2O1. The van der Waals surface area contributed by atoms with E-state index in [0.29, 0.717) is 17.9 Å². The number of halogens is 1. The van der Waals surface area contributed by atoms with Crippen LogP contribution in [0.25, 0.3) is 0 Å². The molecule has 0 spiro atoms. The fourth-order valence-corrected chi connectivity index (χ4v) is 3.66. The Kier molecular flexibility index (Phi) is 4.12. The summed E-state index contributed by atoms with van der Waals surface area (Å²) in [4.78, 5) is 12.2. The van der Waals surface area contributed by atoms with Crippen LogP contribution in [0.2, 0.25) is 0 Å². The van der Waals surface area contributed by atoms with Crippen LogP contribution in [-0.4, -0.2) is 11.5 Å². The van der Waals surface area contributed by atoms with E-state index in [0.717, 1.165) is 16.9 Å². The fraction of sp³-hybridized carbons (Fsp3) is 0.353. The van der Waals surface area contributed by atoms with Crippen LogP contribution < -0.4 is 15.8 Å². The number of nitrogens with two attached hydrogens (primary N) is 1. The quantitative estimate of drug-likeness (QED) is 0.901. The van der Waals surface area contributed by atoms with Gasteiger partial charge in [0.1, 0.15) is 17.2 Å². The van der Waals surface area contributed by atoms with Crippen LogP contribution in [0, 0.1) is 5.82 Å². The van der Waals surface area contributed by atoms with Gasteiger partial charge in [0.2, 0.25) is 5.91 Å². The van der Waals surface area contributed by atoms with E-state index < -0.39 is 5.91 Å². The smallest absolute Gasteiger partial charge is 0.249 e. The monoisotopic (exact) mass is 334 g/mol. The molecule has 1 aromatic heterocycles. The Morgan fingerprint density at radius 2 is 2.26 bits per heavy atom. The average Bonchev–Trinajstić information content (AvgIpc) is 2.92. The molecule has 6 heteroatoms. The minimum Gasteiger partial charge on any atom is -0.487 e. The second-order valence-electron chi connectivity index (χ2n) is 6.35. The molecule has 2 heterocycles. The first-order valence-corrected chi connectivity index (χ1v) is 8.31. The first kappa shape index (κ1) is 16.0. The molecule has 1 aliphatic heterocycles. The van der Waals surface area contributed by atoms with Crippen molar-refractivity contribution in [2.75, 3.05) is 0 Å². The number of nitrogens with one attached hydrogen (secondary N) is 1. The summed E-state index contributed by atoms with van der Waals surface area (Å²) in [6.45, 7) is 4.60. The number of carbonyl (C=O) groups is 1. The highest BCUT2D eigenvalue weighted by molar-refractivity contribution is 7.10. The molecule has 2 aromatic rings. The van der Waals surface area contributed by atoms with E-state index in [1.807, 2.05) is 13.8 Å². The van der Waals surface area contributed by atoms with Crippen molar-refractivity contribution in [3.8, 4) is 5.75 Å². The molecule has 4 nitrogen and oxygen atoms in total. The number of hydrogen-bond donors (Lipinski definition) is 2. The molecule has 1 amide bonds. The van der Waals surface area contributed by atoms with Crippen molar-refractivity contribution in [2.45, 2.75) is 38.5 Å². The number of hydrogen-bond acceptors (Lipinski definition) is 4. The molecular formula is C17H19FN2O2S. The number of fused-ring (bicyclic) bond motifs is 1. The molecule has 1 aliphatic rings. The molecule has 1 aromatic carbocycles. The summed E-state index contributed by atoms with van der Waals surface area (Å²) in [6.07, 6.45) is 0.777. The summed E-state index contributed by atoms with van der Waals surface area (Å²) >= 11 is 1.50. The van der Waals surface area contributed by atoms with E-state index in [-0.39, 0.29) is 17.5 Å². The number of thiophene rings is 1. The largest absolute Gasteiger partial charge is 0.487 e. The summed E-state index contributed by atoms with van der Waals surface area (Å²) in [5.74, 6) is -0.132. The van der Waals surface area contributed by atoms with Gasteiger partial charge in [0.05, 0.1) is 5.56 Å². The van der Waals surface area contributed by atoms with E-state index in [4.69, 9.17) is 10.5 Å². The molecule has 0 unspecified atom stereocenters. The van der Waals surface area contributed by atoms with Gasteiger partial charge in [0.25, 0.3) is 0 Å². The van der Waals surface area contributed by atoms with Crippen LogP contribution >= 0.6 is 11.3 Å². The highest BCUT2D eigenvalue weighted by Crippen LogP contribution is 2.39. The Hall–Kier alpha value is -1.92. The zero-order valence-electron chi connectivity index (χ0n) is 13.1. The lowest BCUT2D eigenvalue weighted by Gasteiger charge is -2.38. The number of primary amides is 1. The number of amides is 1. The maximum Gasteiger partial charge on any atom is 0.249 e. The summed E-state index contributed by atoms with van der Waals surface area (Å²) in [6, 6.07) is 6.51. The van der Waals surface area contributed by atoms with Crippen LogP contribution in [0.4, 0.5) is 4.39 Å². The van der Waals surface area contributed by atoms with Crippen molar-refractivity contribution in [3.63, 3.8) is 0 Å². The zero-order chi connectivity index (χ0) is 16.6. The van der Waals surface area contributed by atoms with Crippen LogP contribution in [0.5, 0.6) is 5.75 Å². The average molecular weight is 334 g/mol. The molecular weight excluding hydrogens is 315 g/mol. The molecule has 3 N–H and O–H groups in total. The molecule has 3 rings (SSSR count). The normalized spacial score (nSPS) is 19.0. The van der Waals surface area contributed by atoms with Crippen LogP contribution in [0.15, 0.2) is 29.6 Å². The third-order valence-electron chi connectivity index (χ3n) is 3.89. The standard InChI is InChI=1S/C17H19FN2O2S/c1-17(2)7-14(13-4-3-11(18)6-15(13)22-17)20-8-12-5-10(9-23-12)16(19)21/h3-6,9,14,20H,7-8H2,1-2H3,(H2,19,21)/t14-/m0/s1.